The summed E-state index contributed by atoms with van der Waals surface area (Å²) in [4.78, 5) is 0. The van der Waals surface area contributed by atoms with E-state index < -0.39 is 0 Å². The predicted molar refractivity (Wildman–Crippen MR) is 102 cm³/mol. The Kier molecular flexibility index (Phi) is 6.93. The normalized spacial score (nSPS) is 22.3. The standard InChI is InChI=1S/C20H33N2P/c21-20(17-10-4-1-5-11-17)22-16-23(18-12-6-2-7-13-18)19-14-8-3-9-15-19/h1,4-5,10-11,18-20,22H,2-3,6-9,12-16,21H2/t20-/m1/s1. The van der Waals surface area contributed by atoms with E-state index in [1.807, 2.05) is 0 Å². The lowest BCUT2D eigenvalue weighted by Crippen LogP contribution is -2.33. The zero-order valence-corrected chi connectivity index (χ0v) is 15.3. The molecule has 2 aliphatic rings. The molecule has 0 bridgehead atoms. The van der Waals surface area contributed by atoms with E-state index in [1.165, 1.54) is 76.1 Å². The first-order valence-corrected chi connectivity index (χ1v) is 11.3. The van der Waals surface area contributed by atoms with E-state index in [0.717, 1.165) is 11.3 Å². The van der Waals surface area contributed by atoms with Gasteiger partial charge in [0.2, 0.25) is 0 Å². The van der Waals surface area contributed by atoms with Gasteiger partial charge in [-0.15, -0.1) is 0 Å². The molecule has 3 heteroatoms. The van der Waals surface area contributed by atoms with E-state index >= 15 is 0 Å². The van der Waals surface area contributed by atoms with Gasteiger partial charge in [-0.2, -0.15) is 0 Å². The Labute approximate surface area is 143 Å². The first-order valence-electron chi connectivity index (χ1n) is 9.64. The highest BCUT2D eigenvalue weighted by Crippen LogP contribution is 2.55. The van der Waals surface area contributed by atoms with Crippen LogP contribution in [0.4, 0.5) is 0 Å². The average Bonchev–Trinajstić information content (AvgIpc) is 2.64. The molecule has 1 aromatic rings. The molecule has 0 aromatic heterocycles. The van der Waals surface area contributed by atoms with Gasteiger partial charge in [-0.3, -0.25) is 5.32 Å². The second-order valence-corrected chi connectivity index (χ2v) is 10.2. The lowest BCUT2D eigenvalue weighted by atomic mass is 9.99. The van der Waals surface area contributed by atoms with Crippen LogP contribution >= 0.6 is 7.92 Å². The lowest BCUT2D eigenvalue weighted by molar-refractivity contribution is 0.480. The third kappa shape index (κ3) is 5.02. The molecule has 2 aliphatic carbocycles. The zero-order valence-electron chi connectivity index (χ0n) is 14.4. The van der Waals surface area contributed by atoms with E-state index in [4.69, 9.17) is 5.73 Å². The molecule has 0 saturated heterocycles. The average molecular weight is 332 g/mol. The van der Waals surface area contributed by atoms with Crippen LogP contribution in [0.5, 0.6) is 0 Å². The van der Waals surface area contributed by atoms with E-state index in [0.29, 0.717) is 0 Å². The topological polar surface area (TPSA) is 38.0 Å². The number of hydrogen-bond donors (Lipinski definition) is 2. The van der Waals surface area contributed by atoms with E-state index in [-0.39, 0.29) is 14.1 Å². The van der Waals surface area contributed by atoms with Gasteiger partial charge in [0.1, 0.15) is 0 Å². The molecule has 2 saturated carbocycles. The summed E-state index contributed by atoms with van der Waals surface area (Å²) >= 11 is 0. The molecule has 0 aliphatic heterocycles. The zero-order chi connectivity index (χ0) is 15.9. The minimum atomic E-state index is -0.00613. The molecule has 1 aromatic carbocycles. The van der Waals surface area contributed by atoms with E-state index in [1.54, 1.807) is 0 Å². The van der Waals surface area contributed by atoms with Crippen molar-refractivity contribution in [3.63, 3.8) is 0 Å². The Hall–Kier alpha value is -0.430. The maximum Gasteiger partial charge on any atom is 0.0812 e. The molecule has 0 heterocycles. The summed E-state index contributed by atoms with van der Waals surface area (Å²) in [5.41, 5.74) is 9.61. The fourth-order valence-corrected chi connectivity index (χ4v) is 7.94. The van der Waals surface area contributed by atoms with Crippen molar-refractivity contribution in [1.82, 2.24) is 5.32 Å². The molecule has 2 fully saturated rings. The summed E-state index contributed by atoms with van der Waals surface area (Å²) in [6.07, 6.45) is 15.8. The summed E-state index contributed by atoms with van der Waals surface area (Å²) in [6, 6.07) is 10.5. The highest BCUT2D eigenvalue weighted by molar-refractivity contribution is 7.59. The summed E-state index contributed by atoms with van der Waals surface area (Å²) in [5, 5.41) is 3.70. The van der Waals surface area contributed by atoms with Gasteiger partial charge in [0.15, 0.2) is 0 Å². The Morgan fingerprint density at radius 3 is 1.91 bits per heavy atom. The molecule has 0 unspecified atom stereocenters. The van der Waals surface area contributed by atoms with Crippen molar-refractivity contribution in [2.45, 2.75) is 81.7 Å². The third-order valence-electron chi connectivity index (χ3n) is 5.74. The van der Waals surface area contributed by atoms with Crippen molar-refractivity contribution in [3.05, 3.63) is 35.9 Å². The van der Waals surface area contributed by atoms with Gasteiger partial charge in [0.25, 0.3) is 0 Å². The fourth-order valence-electron chi connectivity index (χ4n) is 4.36. The van der Waals surface area contributed by atoms with Crippen molar-refractivity contribution < 1.29 is 0 Å². The number of hydrogen-bond acceptors (Lipinski definition) is 2. The molecule has 23 heavy (non-hydrogen) atoms. The third-order valence-corrected chi connectivity index (χ3v) is 9.20. The van der Waals surface area contributed by atoms with Gasteiger partial charge in [-0.05, 0) is 42.6 Å². The summed E-state index contributed by atoms with van der Waals surface area (Å²) in [7, 11) is 0.0890. The maximum absolute atomic E-state index is 6.40. The van der Waals surface area contributed by atoms with Crippen LogP contribution in [0.2, 0.25) is 0 Å². The van der Waals surface area contributed by atoms with Crippen LogP contribution in [-0.4, -0.2) is 17.6 Å². The molecule has 3 rings (SSSR count). The summed E-state index contributed by atoms with van der Waals surface area (Å²) in [6.45, 7) is 0. The van der Waals surface area contributed by atoms with Crippen LogP contribution in [0.1, 0.15) is 75.9 Å². The van der Waals surface area contributed by atoms with Crippen molar-refractivity contribution in [1.29, 1.82) is 0 Å². The molecule has 1 atom stereocenters. The van der Waals surface area contributed by atoms with Crippen LogP contribution in [-0.2, 0) is 0 Å². The van der Waals surface area contributed by atoms with Crippen molar-refractivity contribution in [2.24, 2.45) is 5.73 Å². The van der Waals surface area contributed by atoms with E-state index in [2.05, 4.69) is 35.6 Å². The number of benzene rings is 1. The van der Waals surface area contributed by atoms with E-state index in [9.17, 15) is 0 Å². The quantitative estimate of drug-likeness (QED) is 0.545. The largest absolute Gasteiger partial charge is 0.312 e. The molecule has 3 N–H and O–H groups in total. The van der Waals surface area contributed by atoms with Gasteiger partial charge >= 0.3 is 0 Å². The minimum Gasteiger partial charge on any atom is -0.312 e. The van der Waals surface area contributed by atoms with Gasteiger partial charge in [-0.25, -0.2) is 0 Å². The Balaban J connectivity index is 1.60. The molecular weight excluding hydrogens is 299 g/mol. The van der Waals surface area contributed by atoms with Crippen LogP contribution in [0, 0.1) is 0 Å². The maximum atomic E-state index is 6.40. The number of nitrogens with one attached hydrogen (secondary N) is 1. The molecule has 128 valence electrons. The van der Waals surface area contributed by atoms with Crippen LogP contribution in [0.25, 0.3) is 0 Å². The predicted octanol–water partition coefficient (Wildman–Crippen LogP) is 5.34. The first-order chi connectivity index (χ1) is 11.3. The van der Waals surface area contributed by atoms with Gasteiger partial charge in [-0.1, -0.05) is 76.8 Å². The second-order valence-electron chi connectivity index (χ2n) is 7.35. The lowest BCUT2D eigenvalue weighted by Gasteiger charge is -2.39. The highest BCUT2D eigenvalue weighted by atomic mass is 31.1. The molecule has 0 spiro atoms. The second kappa shape index (κ2) is 9.16. The minimum absolute atomic E-state index is 0.00613. The monoisotopic (exact) mass is 332 g/mol. The SMILES string of the molecule is N[C@H](NCP(C1CCCCC1)C1CCCCC1)c1ccccc1. The summed E-state index contributed by atoms with van der Waals surface area (Å²) in [5.74, 6) is 0. The molecule has 2 nitrogen and oxygen atoms in total. The van der Waals surface area contributed by atoms with Crippen LogP contribution in [0.15, 0.2) is 30.3 Å². The van der Waals surface area contributed by atoms with Crippen molar-refractivity contribution in [3.8, 4) is 0 Å². The highest BCUT2D eigenvalue weighted by Gasteiger charge is 2.30. The number of nitrogens with two attached hydrogens (primary N) is 1. The smallest absolute Gasteiger partial charge is 0.0812 e. The number of rotatable bonds is 6. The molecular formula is C20H33N2P. The van der Waals surface area contributed by atoms with Gasteiger partial charge in [0.05, 0.1) is 6.17 Å². The van der Waals surface area contributed by atoms with Gasteiger partial charge < -0.3 is 5.73 Å². The van der Waals surface area contributed by atoms with Crippen LogP contribution < -0.4 is 11.1 Å². The Morgan fingerprint density at radius 1 is 0.870 bits per heavy atom. The molecule has 0 radical (unpaired) electrons. The van der Waals surface area contributed by atoms with Crippen molar-refractivity contribution in [2.75, 3.05) is 6.29 Å². The molecule has 0 amide bonds. The first kappa shape index (κ1) is 17.4. The Bertz CT molecular complexity index is 420. The summed E-state index contributed by atoms with van der Waals surface area (Å²) < 4.78 is 0. The van der Waals surface area contributed by atoms with Crippen molar-refractivity contribution >= 4 is 7.92 Å². The fraction of sp³-hybridized carbons (Fsp3) is 0.700. The Morgan fingerprint density at radius 2 is 1.39 bits per heavy atom. The van der Waals surface area contributed by atoms with Gasteiger partial charge in [0, 0.05) is 6.29 Å². The van der Waals surface area contributed by atoms with Crippen LogP contribution in [0.3, 0.4) is 0 Å².